The number of benzene rings is 1. The van der Waals surface area contributed by atoms with Gasteiger partial charge in [0.25, 0.3) is 0 Å². The number of nitrogens with one attached hydrogen (secondary N) is 1. The third-order valence-corrected chi connectivity index (χ3v) is 6.46. The summed E-state index contributed by atoms with van der Waals surface area (Å²) in [6.45, 7) is 2.62. The predicted octanol–water partition coefficient (Wildman–Crippen LogP) is 1.22. The Morgan fingerprint density at radius 2 is 2.17 bits per heavy atom. The van der Waals surface area contributed by atoms with Crippen LogP contribution >= 0.6 is 11.3 Å². The fraction of sp³-hybridized carbons (Fsp3) is 0.476. The third kappa shape index (κ3) is 4.48. The van der Waals surface area contributed by atoms with Crippen molar-refractivity contribution in [2.75, 3.05) is 39.3 Å². The Morgan fingerprint density at radius 3 is 2.83 bits per heavy atom. The topological polar surface area (TPSA) is 95.0 Å². The summed E-state index contributed by atoms with van der Waals surface area (Å²) in [7, 11) is 0. The molecule has 0 radical (unpaired) electrons. The Kier molecular flexibility index (Phi) is 6.31. The standard InChI is InChI=1S/C21H26N4O4S/c26-18-12-24(8-6-17-14-30-15-22-17)9-7-21(18,16-4-2-1-3-5-16)23-19(27)13-25-10-11-29-20(25)28/h1-5,14-15,18,26H,6-13H2,(H,23,27)/t18-,21+/m1/s1. The number of aliphatic hydroxyl groups excluding tert-OH is 1. The molecule has 2 aliphatic heterocycles. The van der Waals surface area contributed by atoms with Gasteiger partial charge in [-0.1, -0.05) is 30.3 Å². The van der Waals surface area contributed by atoms with Crippen LogP contribution in [-0.2, 0) is 21.5 Å². The molecule has 160 valence electrons. The van der Waals surface area contributed by atoms with Gasteiger partial charge in [0, 0.05) is 31.4 Å². The number of amides is 2. The van der Waals surface area contributed by atoms with Crippen LogP contribution in [0.15, 0.2) is 41.2 Å². The van der Waals surface area contributed by atoms with E-state index in [-0.39, 0.29) is 12.5 Å². The van der Waals surface area contributed by atoms with Gasteiger partial charge in [-0.3, -0.25) is 9.69 Å². The van der Waals surface area contributed by atoms with E-state index in [1.54, 1.807) is 11.3 Å². The highest BCUT2D eigenvalue weighted by atomic mass is 32.1. The summed E-state index contributed by atoms with van der Waals surface area (Å²) in [5.41, 5.74) is 2.86. The number of hydrogen-bond donors (Lipinski definition) is 2. The van der Waals surface area contributed by atoms with Gasteiger partial charge < -0.3 is 20.1 Å². The Labute approximate surface area is 179 Å². The van der Waals surface area contributed by atoms with Crippen LogP contribution in [0.3, 0.4) is 0 Å². The van der Waals surface area contributed by atoms with Crippen LogP contribution < -0.4 is 5.32 Å². The molecule has 0 saturated carbocycles. The highest BCUT2D eigenvalue weighted by molar-refractivity contribution is 7.07. The number of rotatable bonds is 7. The number of carbonyl (C=O) groups is 2. The van der Waals surface area contributed by atoms with E-state index in [1.165, 1.54) is 4.90 Å². The van der Waals surface area contributed by atoms with Crippen molar-refractivity contribution in [2.24, 2.45) is 0 Å². The van der Waals surface area contributed by atoms with Crippen LogP contribution in [0.2, 0.25) is 0 Å². The number of β-amino-alcohol motifs (C(OH)–C–C–N with tert-alkyl or cyclic N) is 1. The average Bonchev–Trinajstić information content (AvgIpc) is 3.41. The summed E-state index contributed by atoms with van der Waals surface area (Å²) < 4.78 is 4.91. The van der Waals surface area contributed by atoms with Crippen molar-refractivity contribution in [1.29, 1.82) is 0 Å². The van der Waals surface area contributed by atoms with Crippen LogP contribution in [0.5, 0.6) is 0 Å². The first-order valence-corrected chi connectivity index (χ1v) is 11.1. The summed E-state index contributed by atoms with van der Waals surface area (Å²) in [5.74, 6) is -0.298. The molecule has 4 rings (SSSR count). The van der Waals surface area contributed by atoms with Crippen molar-refractivity contribution >= 4 is 23.3 Å². The van der Waals surface area contributed by atoms with Crippen molar-refractivity contribution in [3.05, 3.63) is 52.5 Å². The Morgan fingerprint density at radius 1 is 1.33 bits per heavy atom. The molecular formula is C21H26N4O4S. The molecule has 1 aromatic carbocycles. The summed E-state index contributed by atoms with van der Waals surface area (Å²) in [5, 5.41) is 16.3. The number of nitrogens with zero attached hydrogens (tertiary/aromatic N) is 3. The summed E-state index contributed by atoms with van der Waals surface area (Å²) in [6.07, 6.45) is 0.151. The highest BCUT2D eigenvalue weighted by Gasteiger charge is 2.45. The first kappa shape index (κ1) is 20.8. The number of ether oxygens (including phenoxy) is 1. The number of cyclic esters (lactones) is 1. The zero-order valence-corrected chi connectivity index (χ0v) is 17.5. The van der Waals surface area contributed by atoms with E-state index in [4.69, 9.17) is 4.74 Å². The van der Waals surface area contributed by atoms with Crippen molar-refractivity contribution < 1.29 is 19.4 Å². The van der Waals surface area contributed by atoms with Gasteiger partial charge in [-0.2, -0.15) is 0 Å². The van der Waals surface area contributed by atoms with Crippen molar-refractivity contribution in [3.63, 3.8) is 0 Å². The Hall–Kier alpha value is -2.49. The number of hydrogen-bond acceptors (Lipinski definition) is 7. The predicted molar refractivity (Wildman–Crippen MR) is 112 cm³/mol. The third-order valence-electron chi connectivity index (χ3n) is 5.82. The van der Waals surface area contributed by atoms with Crippen molar-refractivity contribution in [3.8, 4) is 0 Å². The van der Waals surface area contributed by atoms with E-state index in [2.05, 4.69) is 15.2 Å². The molecule has 2 amide bonds. The maximum absolute atomic E-state index is 12.8. The van der Waals surface area contributed by atoms with E-state index >= 15 is 0 Å². The number of thiazole rings is 1. The molecule has 0 bridgehead atoms. The van der Waals surface area contributed by atoms with Gasteiger partial charge >= 0.3 is 6.09 Å². The minimum absolute atomic E-state index is 0.0757. The minimum atomic E-state index is -0.890. The van der Waals surface area contributed by atoms with Crippen LogP contribution in [0, 0.1) is 0 Å². The van der Waals surface area contributed by atoms with Gasteiger partial charge in [0.05, 0.1) is 29.4 Å². The second-order valence-electron chi connectivity index (χ2n) is 7.72. The molecule has 3 heterocycles. The Bertz CT molecular complexity index is 863. The smallest absolute Gasteiger partial charge is 0.410 e. The average molecular weight is 431 g/mol. The lowest BCUT2D eigenvalue weighted by atomic mass is 9.78. The summed E-state index contributed by atoms with van der Waals surface area (Å²) in [4.78, 5) is 32.4. The molecule has 30 heavy (non-hydrogen) atoms. The summed E-state index contributed by atoms with van der Waals surface area (Å²) >= 11 is 1.58. The lowest BCUT2D eigenvalue weighted by molar-refractivity contribution is -0.127. The lowest BCUT2D eigenvalue weighted by Gasteiger charge is -2.46. The monoisotopic (exact) mass is 430 g/mol. The second-order valence-corrected chi connectivity index (χ2v) is 8.44. The van der Waals surface area contributed by atoms with Crippen molar-refractivity contribution in [1.82, 2.24) is 20.1 Å². The zero-order chi connectivity index (χ0) is 21.0. The number of carbonyl (C=O) groups excluding carboxylic acids is 2. The van der Waals surface area contributed by atoms with E-state index in [0.29, 0.717) is 26.1 Å². The molecule has 2 saturated heterocycles. The van der Waals surface area contributed by atoms with Gasteiger partial charge in [0.1, 0.15) is 13.2 Å². The molecule has 0 aliphatic carbocycles. The second kappa shape index (κ2) is 9.11. The summed E-state index contributed by atoms with van der Waals surface area (Å²) in [6, 6.07) is 9.58. The van der Waals surface area contributed by atoms with Gasteiger partial charge in [0.2, 0.25) is 5.91 Å². The number of piperidine rings is 1. The van der Waals surface area contributed by atoms with Crippen LogP contribution in [0.4, 0.5) is 4.79 Å². The fourth-order valence-corrected chi connectivity index (χ4v) is 4.74. The van der Waals surface area contributed by atoms with E-state index in [9.17, 15) is 14.7 Å². The first-order chi connectivity index (χ1) is 14.6. The Balaban J connectivity index is 1.46. The molecule has 2 N–H and O–H groups in total. The molecule has 1 aromatic heterocycles. The number of aliphatic hydroxyl groups is 1. The molecule has 8 nitrogen and oxygen atoms in total. The lowest BCUT2D eigenvalue weighted by Crippen LogP contribution is -2.63. The highest BCUT2D eigenvalue weighted by Crippen LogP contribution is 2.33. The molecule has 2 aliphatic rings. The molecule has 9 heteroatoms. The largest absolute Gasteiger partial charge is 0.448 e. The zero-order valence-electron chi connectivity index (χ0n) is 16.7. The molecule has 0 spiro atoms. The maximum Gasteiger partial charge on any atom is 0.410 e. The quantitative estimate of drug-likeness (QED) is 0.686. The van der Waals surface area contributed by atoms with E-state index in [0.717, 1.165) is 30.8 Å². The first-order valence-electron chi connectivity index (χ1n) is 10.1. The van der Waals surface area contributed by atoms with Gasteiger partial charge in [-0.15, -0.1) is 11.3 Å². The number of likely N-dealkylation sites (tertiary alicyclic amines) is 1. The molecule has 2 fully saturated rings. The minimum Gasteiger partial charge on any atom is -0.448 e. The van der Waals surface area contributed by atoms with Gasteiger partial charge in [-0.25, -0.2) is 9.78 Å². The molecule has 2 atom stereocenters. The van der Waals surface area contributed by atoms with Gasteiger partial charge in [-0.05, 0) is 12.0 Å². The molecular weight excluding hydrogens is 404 g/mol. The molecule has 2 aromatic rings. The van der Waals surface area contributed by atoms with Gasteiger partial charge in [0.15, 0.2) is 0 Å². The van der Waals surface area contributed by atoms with Crippen LogP contribution in [-0.4, -0.2) is 77.3 Å². The number of aromatic nitrogens is 1. The van der Waals surface area contributed by atoms with Crippen molar-refractivity contribution in [2.45, 2.75) is 24.5 Å². The van der Waals surface area contributed by atoms with E-state index < -0.39 is 17.7 Å². The fourth-order valence-electron chi connectivity index (χ4n) is 4.15. The van der Waals surface area contributed by atoms with E-state index in [1.807, 2.05) is 41.2 Å². The molecule has 0 unspecified atom stereocenters. The SMILES string of the molecule is O=C(CN1CCOC1=O)N[C@]1(c2ccccc2)CCN(CCc2cscn2)C[C@H]1O. The van der Waals surface area contributed by atoms with Crippen LogP contribution in [0.1, 0.15) is 17.7 Å². The normalized spacial score (nSPS) is 24.6. The van der Waals surface area contributed by atoms with Crippen LogP contribution in [0.25, 0.3) is 0 Å². The maximum atomic E-state index is 12.8.